The molecular formula is C15H24N4O. The number of rotatable bonds is 3. The second-order valence-corrected chi connectivity index (χ2v) is 7.42. The molecule has 0 spiro atoms. The molecule has 0 radical (unpaired) electrons. The first-order chi connectivity index (χ1) is 9.17. The maximum absolute atomic E-state index is 11.0. The fourth-order valence-corrected chi connectivity index (χ4v) is 3.70. The Hall–Kier alpha value is -1.65. The van der Waals surface area contributed by atoms with Crippen LogP contribution in [0.1, 0.15) is 57.4 Å². The molecule has 1 aromatic rings. The molecule has 110 valence electrons. The zero-order chi connectivity index (χ0) is 15.0. The Morgan fingerprint density at radius 3 is 2.25 bits per heavy atom. The third-order valence-electron chi connectivity index (χ3n) is 3.82. The number of carbonyl (C=O) groups excluding carboxylic acids is 1. The molecule has 1 heterocycles. The third-order valence-corrected chi connectivity index (χ3v) is 3.82. The number of aromatic nitrogens is 2. The molecule has 0 aromatic carbocycles. The largest absolute Gasteiger partial charge is 0.366 e. The van der Waals surface area contributed by atoms with E-state index < -0.39 is 5.91 Å². The average Bonchev–Trinajstić information content (AvgIpc) is 2.25. The van der Waals surface area contributed by atoms with Gasteiger partial charge in [-0.05, 0) is 42.2 Å². The summed E-state index contributed by atoms with van der Waals surface area (Å²) in [5.74, 6) is 0.150. The quantitative estimate of drug-likeness (QED) is 0.889. The highest BCUT2D eigenvalue weighted by atomic mass is 16.1. The minimum absolute atomic E-state index is 0.194. The van der Waals surface area contributed by atoms with Crippen LogP contribution >= 0.6 is 0 Å². The van der Waals surface area contributed by atoms with Crippen LogP contribution in [0.3, 0.4) is 0 Å². The molecule has 0 unspecified atom stereocenters. The van der Waals surface area contributed by atoms with E-state index in [1.165, 1.54) is 6.42 Å². The summed E-state index contributed by atoms with van der Waals surface area (Å²) in [6.07, 6.45) is 3.44. The van der Waals surface area contributed by atoms with Crippen molar-refractivity contribution >= 4 is 11.7 Å². The van der Waals surface area contributed by atoms with Gasteiger partial charge in [0.25, 0.3) is 5.91 Å². The van der Waals surface area contributed by atoms with Crippen molar-refractivity contribution in [1.82, 2.24) is 10.2 Å². The van der Waals surface area contributed by atoms with Crippen molar-refractivity contribution in [3.05, 3.63) is 17.8 Å². The third kappa shape index (κ3) is 3.68. The zero-order valence-corrected chi connectivity index (χ0v) is 12.7. The lowest BCUT2D eigenvalue weighted by atomic mass is 9.63. The van der Waals surface area contributed by atoms with E-state index >= 15 is 0 Å². The summed E-state index contributed by atoms with van der Waals surface area (Å²) in [7, 11) is 0. The first-order valence-electron chi connectivity index (χ1n) is 7.07. The summed E-state index contributed by atoms with van der Waals surface area (Å²) in [6.45, 7) is 9.24. The van der Waals surface area contributed by atoms with Crippen LogP contribution in [0.25, 0.3) is 0 Å². The first-order valence-corrected chi connectivity index (χ1v) is 7.07. The fourth-order valence-electron chi connectivity index (χ4n) is 3.70. The van der Waals surface area contributed by atoms with Crippen LogP contribution in [-0.4, -0.2) is 22.1 Å². The molecule has 0 atom stereocenters. The highest BCUT2D eigenvalue weighted by molar-refractivity contribution is 5.90. The number of amides is 1. The van der Waals surface area contributed by atoms with E-state index in [-0.39, 0.29) is 5.69 Å². The van der Waals surface area contributed by atoms with Gasteiger partial charge in [-0.25, -0.2) is 0 Å². The number of anilines is 1. The van der Waals surface area contributed by atoms with Crippen molar-refractivity contribution < 1.29 is 4.79 Å². The Morgan fingerprint density at radius 1 is 1.20 bits per heavy atom. The molecule has 20 heavy (non-hydrogen) atoms. The van der Waals surface area contributed by atoms with Crippen molar-refractivity contribution in [3.8, 4) is 0 Å². The number of nitrogens with two attached hydrogens (primary N) is 1. The maximum Gasteiger partial charge on any atom is 0.269 e. The van der Waals surface area contributed by atoms with Crippen LogP contribution in [0.5, 0.6) is 0 Å². The van der Waals surface area contributed by atoms with Crippen molar-refractivity contribution in [2.45, 2.75) is 53.0 Å². The molecule has 3 N–H and O–H groups in total. The predicted molar refractivity (Wildman–Crippen MR) is 79.4 cm³/mol. The highest BCUT2D eigenvalue weighted by Crippen LogP contribution is 2.46. The minimum Gasteiger partial charge on any atom is -0.366 e. The van der Waals surface area contributed by atoms with Crippen LogP contribution in [0, 0.1) is 10.8 Å². The molecule has 0 saturated heterocycles. The van der Waals surface area contributed by atoms with E-state index in [1.54, 1.807) is 12.1 Å². The van der Waals surface area contributed by atoms with Crippen LogP contribution in [0.15, 0.2) is 12.1 Å². The number of hydrogen-bond donors (Lipinski definition) is 2. The van der Waals surface area contributed by atoms with E-state index in [0.29, 0.717) is 22.7 Å². The summed E-state index contributed by atoms with van der Waals surface area (Å²) in [4.78, 5) is 11.0. The SMILES string of the molecule is CC1(C)CC(Nc2ccc(C(N)=O)nn2)CC(C)(C)C1. The maximum atomic E-state index is 11.0. The summed E-state index contributed by atoms with van der Waals surface area (Å²) in [6, 6.07) is 3.75. The summed E-state index contributed by atoms with van der Waals surface area (Å²) in [5, 5.41) is 11.3. The molecule has 1 saturated carbocycles. The molecule has 1 amide bonds. The Balaban J connectivity index is 2.07. The van der Waals surface area contributed by atoms with Crippen molar-refractivity contribution in [2.75, 3.05) is 5.32 Å². The van der Waals surface area contributed by atoms with Gasteiger partial charge in [0, 0.05) is 6.04 Å². The standard InChI is InChI=1S/C15H24N4O/c1-14(2)7-10(8-15(3,4)9-14)17-12-6-5-11(13(16)20)18-19-12/h5-6,10H,7-9H2,1-4H3,(H2,16,20)(H,17,19). The van der Waals surface area contributed by atoms with Crippen LogP contribution in [0.2, 0.25) is 0 Å². The fraction of sp³-hybridized carbons (Fsp3) is 0.667. The van der Waals surface area contributed by atoms with E-state index in [4.69, 9.17) is 5.73 Å². The smallest absolute Gasteiger partial charge is 0.269 e. The van der Waals surface area contributed by atoms with Crippen LogP contribution in [-0.2, 0) is 0 Å². The van der Waals surface area contributed by atoms with Crippen molar-refractivity contribution in [2.24, 2.45) is 16.6 Å². The number of nitrogens with zero attached hydrogens (tertiary/aromatic N) is 2. The van der Waals surface area contributed by atoms with Gasteiger partial charge in [-0.2, -0.15) is 0 Å². The van der Waals surface area contributed by atoms with Gasteiger partial charge in [-0.1, -0.05) is 27.7 Å². The van der Waals surface area contributed by atoms with Gasteiger partial charge in [0.05, 0.1) is 0 Å². The number of hydrogen-bond acceptors (Lipinski definition) is 4. The second kappa shape index (κ2) is 5.04. The molecular weight excluding hydrogens is 252 g/mol. The van der Waals surface area contributed by atoms with E-state index in [2.05, 4.69) is 43.2 Å². The van der Waals surface area contributed by atoms with Gasteiger partial charge in [0.2, 0.25) is 0 Å². The second-order valence-electron chi connectivity index (χ2n) is 7.42. The summed E-state index contributed by atoms with van der Waals surface area (Å²) in [5.41, 5.74) is 5.99. The molecule has 5 nitrogen and oxygen atoms in total. The molecule has 2 rings (SSSR count). The van der Waals surface area contributed by atoms with Gasteiger partial charge in [-0.15, -0.1) is 10.2 Å². The van der Waals surface area contributed by atoms with Crippen LogP contribution < -0.4 is 11.1 Å². The molecule has 0 aliphatic heterocycles. The Labute approximate surface area is 120 Å². The van der Waals surface area contributed by atoms with E-state index in [0.717, 1.165) is 12.8 Å². The topological polar surface area (TPSA) is 80.9 Å². The molecule has 1 fully saturated rings. The van der Waals surface area contributed by atoms with E-state index in [9.17, 15) is 4.79 Å². The van der Waals surface area contributed by atoms with Crippen molar-refractivity contribution in [3.63, 3.8) is 0 Å². The Bertz CT molecular complexity index is 477. The van der Waals surface area contributed by atoms with Gasteiger partial charge in [-0.3, -0.25) is 4.79 Å². The Kier molecular flexibility index (Phi) is 3.71. The number of primary amides is 1. The number of nitrogens with one attached hydrogen (secondary N) is 1. The van der Waals surface area contributed by atoms with Gasteiger partial charge in [0.15, 0.2) is 5.69 Å². The van der Waals surface area contributed by atoms with Gasteiger partial charge in [0.1, 0.15) is 5.82 Å². The monoisotopic (exact) mass is 276 g/mol. The summed E-state index contributed by atoms with van der Waals surface area (Å²) >= 11 is 0. The normalized spacial score (nSPS) is 21.4. The molecule has 0 bridgehead atoms. The molecule has 1 aliphatic rings. The molecule has 1 aliphatic carbocycles. The van der Waals surface area contributed by atoms with E-state index in [1.807, 2.05) is 0 Å². The van der Waals surface area contributed by atoms with Gasteiger partial charge >= 0.3 is 0 Å². The number of carbonyl (C=O) groups is 1. The predicted octanol–water partition coefficient (Wildman–Crippen LogP) is 2.59. The lowest BCUT2D eigenvalue weighted by Crippen LogP contribution is -2.40. The average molecular weight is 276 g/mol. The first kappa shape index (κ1) is 14.8. The van der Waals surface area contributed by atoms with Crippen LogP contribution in [0.4, 0.5) is 5.82 Å². The summed E-state index contributed by atoms with van der Waals surface area (Å²) < 4.78 is 0. The zero-order valence-electron chi connectivity index (χ0n) is 12.7. The molecule has 5 heteroatoms. The lowest BCUT2D eigenvalue weighted by molar-refractivity contribution is 0.0994. The van der Waals surface area contributed by atoms with Crippen molar-refractivity contribution in [1.29, 1.82) is 0 Å². The lowest BCUT2D eigenvalue weighted by Gasteiger charge is -2.45. The molecule has 1 aromatic heterocycles. The highest BCUT2D eigenvalue weighted by Gasteiger charge is 2.38. The minimum atomic E-state index is -0.552. The Morgan fingerprint density at radius 2 is 1.80 bits per heavy atom. The van der Waals surface area contributed by atoms with Gasteiger partial charge < -0.3 is 11.1 Å².